The Labute approximate surface area is 132 Å². The van der Waals surface area contributed by atoms with E-state index in [0.717, 1.165) is 32.1 Å². The van der Waals surface area contributed by atoms with E-state index in [0.29, 0.717) is 6.42 Å². The average Bonchev–Trinajstić information content (AvgIpc) is 2.50. The minimum Gasteiger partial charge on any atom is -0.291 e. The van der Waals surface area contributed by atoms with Crippen molar-refractivity contribution in [2.45, 2.75) is 84.0 Å². The molecular formula is C20H33O. The van der Waals surface area contributed by atoms with Gasteiger partial charge in [-0.05, 0) is 44.9 Å². The fourth-order valence-corrected chi connectivity index (χ4v) is 2.10. The smallest absolute Gasteiger partial charge is 0.198 e. The highest BCUT2D eigenvalue weighted by molar-refractivity contribution is 5.50. The van der Waals surface area contributed by atoms with Gasteiger partial charge in [0.25, 0.3) is 0 Å². The molecule has 1 nitrogen and oxygen atoms in total. The molecule has 0 unspecified atom stereocenters. The van der Waals surface area contributed by atoms with E-state index in [1.165, 1.54) is 38.5 Å². The van der Waals surface area contributed by atoms with Gasteiger partial charge in [-0.15, -0.1) is 0 Å². The van der Waals surface area contributed by atoms with Crippen molar-refractivity contribution in [3.8, 4) is 0 Å². The Hall–Kier alpha value is -1.11. The average molecular weight is 289 g/mol. The van der Waals surface area contributed by atoms with Crippen LogP contribution in [0.3, 0.4) is 0 Å². The van der Waals surface area contributed by atoms with Crippen LogP contribution in [0, 0.1) is 0 Å². The molecule has 0 aliphatic carbocycles. The number of allylic oxidation sites excluding steroid dienone is 6. The molecule has 0 spiro atoms. The second kappa shape index (κ2) is 18.9. The van der Waals surface area contributed by atoms with Crippen molar-refractivity contribution in [3.05, 3.63) is 36.5 Å². The van der Waals surface area contributed by atoms with E-state index in [4.69, 9.17) is 0 Å². The first-order chi connectivity index (χ1) is 10.4. The van der Waals surface area contributed by atoms with Crippen LogP contribution in [0.15, 0.2) is 36.5 Å². The monoisotopic (exact) mass is 289 g/mol. The standard InChI is InChI=1S/C20H33O/c1-2-3-4-5-6-7-8-9-10-11-12-13-14-15-16-17-18-19-20-21/h6-7,9-10,12-13H,2-5,8,11,14-19H2,1H3. The highest BCUT2D eigenvalue weighted by Gasteiger charge is 1.88. The molecule has 0 saturated carbocycles. The minimum absolute atomic E-state index is 0.605. The van der Waals surface area contributed by atoms with Crippen molar-refractivity contribution in [2.24, 2.45) is 0 Å². The van der Waals surface area contributed by atoms with E-state index in [1.54, 1.807) is 0 Å². The topological polar surface area (TPSA) is 17.1 Å². The van der Waals surface area contributed by atoms with Gasteiger partial charge in [-0.2, -0.15) is 0 Å². The van der Waals surface area contributed by atoms with Gasteiger partial charge in [0.2, 0.25) is 0 Å². The maximum absolute atomic E-state index is 10.0. The molecule has 0 N–H and O–H groups in total. The zero-order chi connectivity index (χ0) is 15.4. The summed E-state index contributed by atoms with van der Waals surface area (Å²) in [6.45, 7) is 2.24. The third-order valence-corrected chi connectivity index (χ3v) is 3.42. The Kier molecular flexibility index (Phi) is 17.9. The van der Waals surface area contributed by atoms with Crippen LogP contribution in [0.1, 0.15) is 84.0 Å². The quantitative estimate of drug-likeness (QED) is 0.249. The Morgan fingerprint density at radius 1 is 0.667 bits per heavy atom. The summed E-state index contributed by atoms with van der Waals surface area (Å²) in [4.78, 5) is 10.0. The number of rotatable bonds is 15. The molecule has 21 heavy (non-hydrogen) atoms. The normalized spacial score (nSPS) is 12.0. The highest BCUT2D eigenvalue weighted by Crippen LogP contribution is 2.05. The summed E-state index contributed by atoms with van der Waals surface area (Å²) in [5.74, 6) is 0. The first-order valence-electron chi connectivity index (χ1n) is 8.71. The van der Waals surface area contributed by atoms with Crippen LogP contribution in [0.4, 0.5) is 0 Å². The number of carbonyl (C=O) groups excluding carboxylic acids is 1. The van der Waals surface area contributed by atoms with Gasteiger partial charge in [-0.1, -0.05) is 69.1 Å². The minimum atomic E-state index is 0.605. The zero-order valence-corrected chi connectivity index (χ0v) is 13.9. The second-order valence-corrected chi connectivity index (χ2v) is 5.48. The van der Waals surface area contributed by atoms with Crippen LogP contribution in [0.2, 0.25) is 0 Å². The van der Waals surface area contributed by atoms with Crippen LogP contribution in [0.25, 0.3) is 0 Å². The molecule has 0 aliphatic rings. The third-order valence-electron chi connectivity index (χ3n) is 3.42. The molecular weight excluding hydrogens is 256 g/mol. The summed E-state index contributed by atoms with van der Waals surface area (Å²) >= 11 is 0. The Balaban J connectivity index is 3.26. The van der Waals surface area contributed by atoms with Crippen molar-refractivity contribution >= 4 is 6.29 Å². The summed E-state index contributed by atoms with van der Waals surface area (Å²) in [5.41, 5.74) is 0. The van der Waals surface area contributed by atoms with Gasteiger partial charge in [0.1, 0.15) is 0 Å². The Bertz CT molecular complexity index is 286. The largest absolute Gasteiger partial charge is 0.291 e. The molecule has 0 rings (SSSR count). The fraction of sp³-hybridized carbons (Fsp3) is 0.650. The van der Waals surface area contributed by atoms with Crippen molar-refractivity contribution in [3.63, 3.8) is 0 Å². The summed E-state index contributed by atoms with van der Waals surface area (Å²) in [6.07, 6.45) is 29.2. The Morgan fingerprint density at radius 3 is 1.76 bits per heavy atom. The van der Waals surface area contributed by atoms with Crippen molar-refractivity contribution in [1.82, 2.24) is 0 Å². The molecule has 0 atom stereocenters. The number of hydrogen-bond acceptors (Lipinski definition) is 1. The summed E-state index contributed by atoms with van der Waals surface area (Å²) in [5, 5.41) is 0. The van der Waals surface area contributed by atoms with E-state index < -0.39 is 0 Å². The van der Waals surface area contributed by atoms with Gasteiger partial charge >= 0.3 is 0 Å². The van der Waals surface area contributed by atoms with Gasteiger partial charge in [0, 0.05) is 6.42 Å². The van der Waals surface area contributed by atoms with Gasteiger partial charge in [0.05, 0.1) is 0 Å². The maximum atomic E-state index is 10.0. The lowest BCUT2D eigenvalue weighted by Crippen LogP contribution is -1.78. The van der Waals surface area contributed by atoms with Crippen molar-refractivity contribution in [1.29, 1.82) is 0 Å². The lowest BCUT2D eigenvalue weighted by atomic mass is 10.1. The van der Waals surface area contributed by atoms with Gasteiger partial charge in [-0.3, -0.25) is 4.79 Å². The van der Waals surface area contributed by atoms with Crippen LogP contribution >= 0.6 is 0 Å². The second-order valence-electron chi connectivity index (χ2n) is 5.48. The predicted molar refractivity (Wildman–Crippen MR) is 94.2 cm³/mol. The molecule has 0 heterocycles. The maximum Gasteiger partial charge on any atom is 0.198 e. The molecule has 0 fully saturated rings. The molecule has 0 aromatic rings. The summed E-state index contributed by atoms with van der Waals surface area (Å²) < 4.78 is 0. The van der Waals surface area contributed by atoms with Crippen molar-refractivity contribution in [2.75, 3.05) is 0 Å². The molecule has 0 aliphatic heterocycles. The molecule has 0 aromatic heterocycles. The van der Waals surface area contributed by atoms with E-state index >= 15 is 0 Å². The molecule has 1 heteroatoms. The number of hydrogen-bond donors (Lipinski definition) is 0. The molecule has 0 bridgehead atoms. The van der Waals surface area contributed by atoms with E-state index in [2.05, 4.69) is 43.4 Å². The zero-order valence-electron chi connectivity index (χ0n) is 13.9. The SMILES string of the molecule is CCCCCC=CCC=CCC=CCCCCCC[C]=O. The van der Waals surface area contributed by atoms with Crippen LogP contribution in [0.5, 0.6) is 0 Å². The molecule has 1 radical (unpaired) electrons. The summed E-state index contributed by atoms with van der Waals surface area (Å²) in [6, 6.07) is 0. The Morgan fingerprint density at radius 2 is 1.19 bits per heavy atom. The first-order valence-corrected chi connectivity index (χ1v) is 8.71. The summed E-state index contributed by atoms with van der Waals surface area (Å²) in [7, 11) is 0. The highest BCUT2D eigenvalue weighted by atomic mass is 16.1. The van der Waals surface area contributed by atoms with Crippen LogP contribution in [-0.2, 0) is 4.79 Å². The van der Waals surface area contributed by atoms with Crippen LogP contribution in [-0.4, -0.2) is 6.29 Å². The number of unbranched alkanes of at least 4 members (excludes halogenated alkanes) is 8. The molecule has 0 aromatic carbocycles. The third kappa shape index (κ3) is 18.9. The van der Waals surface area contributed by atoms with Crippen LogP contribution < -0.4 is 0 Å². The van der Waals surface area contributed by atoms with Gasteiger partial charge < -0.3 is 0 Å². The first kappa shape index (κ1) is 19.9. The van der Waals surface area contributed by atoms with Crippen molar-refractivity contribution < 1.29 is 4.79 Å². The fourth-order valence-electron chi connectivity index (χ4n) is 2.10. The van der Waals surface area contributed by atoms with Gasteiger partial charge in [-0.25, -0.2) is 0 Å². The molecule has 0 saturated heterocycles. The lowest BCUT2D eigenvalue weighted by molar-refractivity contribution is 0.544. The van der Waals surface area contributed by atoms with E-state index in [-0.39, 0.29) is 0 Å². The van der Waals surface area contributed by atoms with Gasteiger partial charge in [0.15, 0.2) is 6.29 Å². The van der Waals surface area contributed by atoms with E-state index in [1.807, 2.05) is 6.29 Å². The lowest BCUT2D eigenvalue weighted by Gasteiger charge is -1.95. The molecule has 0 amide bonds. The molecule has 119 valence electrons. The predicted octanol–water partition coefficient (Wildman–Crippen LogP) is 6.47. The van der Waals surface area contributed by atoms with E-state index in [9.17, 15) is 4.79 Å².